The molecule has 1 N–H and O–H groups in total. The number of alkyl halides is 1. The second kappa shape index (κ2) is 20.3. The van der Waals surface area contributed by atoms with E-state index in [2.05, 4.69) is 50.4 Å². The predicted molar refractivity (Wildman–Crippen MR) is 147 cm³/mol. The number of rotatable bonds is 5. The van der Waals surface area contributed by atoms with E-state index in [4.69, 9.17) is 14.6 Å². The lowest BCUT2D eigenvalue weighted by Gasteiger charge is -2.02. The van der Waals surface area contributed by atoms with Crippen molar-refractivity contribution >= 4 is 64.4 Å². The van der Waals surface area contributed by atoms with Crippen molar-refractivity contribution in [3.8, 4) is 17.2 Å². The van der Waals surface area contributed by atoms with Crippen LogP contribution in [0.3, 0.4) is 0 Å². The van der Waals surface area contributed by atoms with Crippen molar-refractivity contribution in [2.24, 2.45) is 0 Å². The molecule has 0 amide bonds. The molecule has 3 rings (SSSR count). The summed E-state index contributed by atoms with van der Waals surface area (Å²) in [6.07, 6.45) is 1.47. The van der Waals surface area contributed by atoms with Gasteiger partial charge in [-0.2, -0.15) is 13.5 Å². The number of aldehydes is 2. The summed E-state index contributed by atoms with van der Waals surface area (Å²) in [5.41, 5.74) is 3.45. The van der Waals surface area contributed by atoms with E-state index in [0.29, 0.717) is 28.9 Å². The molecule has 9 heteroatoms. The van der Waals surface area contributed by atoms with Gasteiger partial charge < -0.3 is 14.6 Å². The Morgan fingerprint density at radius 2 is 1.33 bits per heavy atom. The molecular formula is C24H27BrO5S3. The topological polar surface area (TPSA) is 72.8 Å². The molecule has 0 spiro atoms. The van der Waals surface area contributed by atoms with Crippen molar-refractivity contribution in [1.82, 2.24) is 0 Å². The van der Waals surface area contributed by atoms with Crippen molar-refractivity contribution in [2.75, 3.05) is 14.2 Å². The number of methoxy groups -OCH3 is 2. The van der Waals surface area contributed by atoms with Crippen molar-refractivity contribution in [1.29, 1.82) is 0 Å². The largest absolute Gasteiger partial charge is 0.508 e. The third-order valence-electron chi connectivity index (χ3n) is 3.86. The number of phenols is 1. The molecule has 3 aromatic rings. The summed E-state index contributed by atoms with van der Waals surface area (Å²) in [5, 5.41) is 9.92. The fourth-order valence-electron chi connectivity index (χ4n) is 2.28. The first kappa shape index (κ1) is 32.8. The highest BCUT2D eigenvalue weighted by molar-refractivity contribution is 9.08. The van der Waals surface area contributed by atoms with Gasteiger partial charge in [0.05, 0.1) is 25.3 Å². The van der Waals surface area contributed by atoms with Crippen LogP contribution in [0.2, 0.25) is 0 Å². The zero-order valence-corrected chi connectivity index (χ0v) is 22.7. The first-order chi connectivity index (χ1) is 15.5. The number of aromatic hydroxyl groups is 1. The Kier molecular flexibility index (Phi) is 20.2. The molecule has 5 nitrogen and oxygen atoms in total. The average molecular weight is 572 g/mol. The third-order valence-corrected chi connectivity index (χ3v) is 4.50. The average Bonchev–Trinajstić information content (AvgIpc) is 2.86. The molecule has 178 valence electrons. The third kappa shape index (κ3) is 13.1. The van der Waals surface area contributed by atoms with Crippen LogP contribution in [-0.2, 0) is 27.7 Å². The van der Waals surface area contributed by atoms with Gasteiger partial charge >= 0.3 is 0 Å². The molecule has 0 atom stereocenters. The molecular weight excluding hydrogens is 544 g/mol. The van der Waals surface area contributed by atoms with Crippen LogP contribution < -0.4 is 9.47 Å². The monoisotopic (exact) mass is 570 g/mol. The fourth-order valence-corrected chi connectivity index (χ4v) is 2.65. The molecule has 0 aliphatic rings. The van der Waals surface area contributed by atoms with Crippen LogP contribution in [0.1, 0.15) is 31.8 Å². The second-order valence-electron chi connectivity index (χ2n) is 6.03. The van der Waals surface area contributed by atoms with Gasteiger partial charge in [0, 0.05) is 33.8 Å². The lowest BCUT2D eigenvalue weighted by molar-refractivity contribution is 0.111. The maximum absolute atomic E-state index is 10.4. The molecule has 0 saturated heterocycles. The number of ether oxygens (including phenoxy) is 2. The van der Waals surface area contributed by atoms with E-state index in [9.17, 15) is 9.59 Å². The molecule has 0 saturated carbocycles. The standard InChI is InChI=1S/C9H10O2.C8H8O3.C7H7Br.S2.H2S/c1-7-3-4-8(6-10)9(5-7)11-2;1-11-8-4-7(10)3-2-6(8)5-9;8-6-7-4-2-1-3-5-7;1-2;/h3-6H,1-2H3;2-5,10H,1H3;1-5H,6H2;;1H2. The molecule has 0 heterocycles. The minimum absolute atomic E-state index is 0. The van der Waals surface area contributed by atoms with Crippen LogP contribution in [-0.4, -0.2) is 31.9 Å². The summed E-state index contributed by atoms with van der Waals surface area (Å²) in [6, 6.07) is 20.1. The molecule has 0 bridgehead atoms. The fraction of sp³-hybridized carbons (Fsp3) is 0.167. The smallest absolute Gasteiger partial charge is 0.153 e. The number of aryl methyl sites for hydroxylation is 1. The van der Waals surface area contributed by atoms with Crippen LogP contribution in [0.5, 0.6) is 17.2 Å². The quantitative estimate of drug-likeness (QED) is 0.310. The number of hydrogen-bond acceptors (Lipinski definition) is 7. The Labute approximate surface area is 220 Å². The molecule has 0 aliphatic carbocycles. The zero-order chi connectivity index (χ0) is 24.4. The summed E-state index contributed by atoms with van der Waals surface area (Å²) in [6.45, 7) is 1.96. The highest BCUT2D eigenvalue weighted by atomic mass is 79.9. The highest BCUT2D eigenvalue weighted by Gasteiger charge is 2.01. The first-order valence-electron chi connectivity index (χ1n) is 9.17. The summed E-state index contributed by atoms with van der Waals surface area (Å²) in [4.78, 5) is 20.8. The Morgan fingerprint density at radius 1 is 0.848 bits per heavy atom. The first-order valence-corrected chi connectivity index (χ1v) is 11.6. The van der Waals surface area contributed by atoms with E-state index in [1.54, 1.807) is 13.2 Å². The van der Waals surface area contributed by atoms with Gasteiger partial charge in [-0.1, -0.05) is 52.3 Å². The maximum atomic E-state index is 10.4. The SMILES string of the molecule is BrCc1ccccc1.COc1cc(C)ccc1C=O.COc1cc(O)ccc1C=O.S.S=S. The Bertz CT molecular complexity index is 899. The van der Waals surface area contributed by atoms with Gasteiger partial charge in [-0.15, -0.1) is 0 Å². The van der Waals surface area contributed by atoms with Gasteiger partial charge in [-0.25, -0.2) is 0 Å². The molecule has 0 aromatic heterocycles. The Morgan fingerprint density at radius 3 is 1.76 bits per heavy atom. The van der Waals surface area contributed by atoms with E-state index < -0.39 is 0 Å². The number of halogens is 1. The minimum atomic E-state index is 0. The van der Waals surface area contributed by atoms with E-state index in [0.717, 1.165) is 17.2 Å². The van der Waals surface area contributed by atoms with Gasteiger partial charge in [0.1, 0.15) is 17.2 Å². The summed E-state index contributed by atoms with van der Waals surface area (Å²) in [7, 11) is 3.00. The summed E-state index contributed by atoms with van der Waals surface area (Å²) < 4.78 is 9.81. The molecule has 0 radical (unpaired) electrons. The summed E-state index contributed by atoms with van der Waals surface area (Å²) in [5.74, 6) is 1.12. The van der Waals surface area contributed by atoms with Crippen LogP contribution in [0.4, 0.5) is 0 Å². The number of benzene rings is 3. The summed E-state index contributed by atoms with van der Waals surface area (Å²) >= 11 is 10.7. The van der Waals surface area contributed by atoms with E-state index in [1.165, 1.54) is 30.9 Å². The maximum Gasteiger partial charge on any atom is 0.153 e. The van der Waals surface area contributed by atoms with Crippen molar-refractivity contribution < 1.29 is 24.2 Å². The van der Waals surface area contributed by atoms with Crippen LogP contribution >= 0.6 is 29.4 Å². The molecule has 3 aromatic carbocycles. The van der Waals surface area contributed by atoms with E-state index >= 15 is 0 Å². The van der Waals surface area contributed by atoms with Gasteiger partial charge in [-0.3, -0.25) is 9.59 Å². The van der Waals surface area contributed by atoms with Gasteiger partial charge in [0.2, 0.25) is 0 Å². The lowest BCUT2D eigenvalue weighted by atomic mass is 10.1. The van der Waals surface area contributed by atoms with Crippen LogP contribution in [0, 0.1) is 6.92 Å². The minimum Gasteiger partial charge on any atom is -0.508 e. The molecule has 33 heavy (non-hydrogen) atoms. The zero-order valence-electron chi connectivity index (χ0n) is 18.5. The second-order valence-corrected chi connectivity index (χ2v) is 6.59. The number of carbonyl (C=O) groups excluding carboxylic acids is 2. The van der Waals surface area contributed by atoms with Gasteiger partial charge in [0.25, 0.3) is 0 Å². The van der Waals surface area contributed by atoms with Gasteiger partial charge in [0.15, 0.2) is 12.6 Å². The number of carbonyl (C=O) groups is 2. The Hall–Kier alpha value is -2.33. The molecule has 0 fully saturated rings. The van der Waals surface area contributed by atoms with E-state index in [-0.39, 0.29) is 19.2 Å². The van der Waals surface area contributed by atoms with Crippen molar-refractivity contribution in [3.05, 3.63) is 89.0 Å². The normalized spacial score (nSPS) is 8.48. The van der Waals surface area contributed by atoms with Crippen molar-refractivity contribution in [3.63, 3.8) is 0 Å². The van der Waals surface area contributed by atoms with Crippen LogP contribution in [0.25, 0.3) is 0 Å². The lowest BCUT2D eigenvalue weighted by Crippen LogP contribution is -1.90. The highest BCUT2D eigenvalue weighted by Crippen LogP contribution is 2.21. The number of hydrogen-bond donors (Lipinski definition) is 1. The van der Waals surface area contributed by atoms with E-state index in [1.807, 2.05) is 37.3 Å². The predicted octanol–water partition coefficient (Wildman–Crippen LogP) is 5.72. The van der Waals surface area contributed by atoms with Crippen LogP contribution in [0.15, 0.2) is 66.7 Å². The van der Waals surface area contributed by atoms with Crippen molar-refractivity contribution in [2.45, 2.75) is 12.3 Å². The number of phenolic OH excluding ortho intramolecular Hbond substituents is 1. The van der Waals surface area contributed by atoms with Gasteiger partial charge in [-0.05, 0) is 42.3 Å². The molecule has 0 aliphatic heterocycles. The molecule has 0 unspecified atom stereocenters. The Balaban J connectivity index is 0.